The molecular weight excluding hydrogens is 472 g/mol. The van der Waals surface area contributed by atoms with E-state index in [1.807, 2.05) is 101 Å². The minimum atomic E-state index is -0.694. The van der Waals surface area contributed by atoms with E-state index in [1.165, 1.54) is 0 Å². The Kier molecular flexibility index (Phi) is 9.54. The molecule has 5 nitrogen and oxygen atoms in total. The number of carbonyl (C=O) groups is 2. The molecule has 0 radical (unpaired) electrons. The van der Waals surface area contributed by atoms with Gasteiger partial charge in [-0.15, -0.1) is 0 Å². The van der Waals surface area contributed by atoms with Gasteiger partial charge in [0.1, 0.15) is 11.8 Å². The van der Waals surface area contributed by atoms with Gasteiger partial charge in [-0.3, -0.25) is 9.59 Å². The summed E-state index contributed by atoms with van der Waals surface area (Å²) >= 11 is 6.29. The molecule has 3 rings (SSSR count). The number of rotatable bonds is 10. The molecule has 6 heteroatoms. The van der Waals surface area contributed by atoms with Crippen molar-refractivity contribution in [1.82, 2.24) is 10.2 Å². The second-order valence-corrected chi connectivity index (χ2v) is 9.92. The molecule has 0 heterocycles. The molecule has 0 saturated carbocycles. The number of hydrogen-bond acceptors (Lipinski definition) is 3. The molecule has 0 bridgehead atoms. The van der Waals surface area contributed by atoms with E-state index < -0.39 is 6.04 Å². The smallest absolute Gasteiger partial charge is 0.261 e. The van der Waals surface area contributed by atoms with Crippen LogP contribution in [0.4, 0.5) is 0 Å². The third-order valence-electron chi connectivity index (χ3n) is 5.91. The number of nitrogens with one attached hydrogen (secondary N) is 1. The quantitative estimate of drug-likeness (QED) is 0.377. The molecule has 0 aliphatic carbocycles. The molecular formula is C30H35ClN2O3. The van der Waals surface area contributed by atoms with Gasteiger partial charge in [-0.25, -0.2) is 0 Å². The van der Waals surface area contributed by atoms with Crippen molar-refractivity contribution in [3.63, 3.8) is 0 Å². The van der Waals surface area contributed by atoms with E-state index in [2.05, 4.69) is 5.32 Å². The summed E-state index contributed by atoms with van der Waals surface area (Å²) in [5.41, 5.74) is 4.79. The molecule has 0 saturated heterocycles. The lowest BCUT2D eigenvalue weighted by Crippen LogP contribution is -2.52. The van der Waals surface area contributed by atoms with Gasteiger partial charge in [0.25, 0.3) is 5.91 Å². The summed E-state index contributed by atoms with van der Waals surface area (Å²) in [5, 5.41) is 3.69. The van der Waals surface area contributed by atoms with Gasteiger partial charge in [-0.05, 0) is 69.0 Å². The van der Waals surface area contributed by atoms with Crippen LogP contribution in [0.15, 0.2) is 66.7 Å². The average molecular weight is 507 g/mol. The number of aryl methyl sites for hydroxylation is 3. The zero-order valence-corrected chi connectivity index (χ0v) is 22.4. The van der Waals surface area contributed by atoms with Crippen LogP contribution in [-0.2, 0) is 22.6 Å². The Morgan fingerprint density at radius 3 is 2.17 bits per heavy atom. The van der Waals surface area contributed by atoms with Crippen molar-refractivity contribution in [1.29, 1.82) is 0 Å². The molecule has 0 fully saturated rings. The Labute approximate surface area is 219 Å². The first-order valence-electron chi connectivity index (χ1n) is 12.2. The minimum Gasteiger partial charge on any atom is -0.484 e. The second-order valence-electron chi connectivity index (χ2n) is 9.54. The average Bonchev–Trinajstić information content (AvgIpc) is 2.83. The highest BCUT2D eigenvalue weighted by Gasteiger charge is 2.31. The number of halogens is 1. The predicted molar refractivity (Wildman–Crippen MR) is 145 cm³/mol. The molecule has 0 unspecified atom stereocenters. The van der Waals surface area contributed by atoms with Crippen molar-refractivity contribution in [3.8, 4) is 5.75 Å². The summed E-state index contributed by atoms with van der Waals surface area (Å²) in [4.78, 5) is 28.7. The van der Waals surface area contributed by atoms with Crippen LogP contribution >= 0.6 is 11.6 Å². The number of carbonyl (C=O) groups excluding carboxylic acids is 2. The highest BCUT2D eigenvalue weighted by Crippen LogP contribution is 2.26. The van der Waals surface area contributed by atoms with Crippen LogP contribution in [0, 0.1) is 20.8 Å². The van der Waals surface area contributed by atoms with Crippen LogP contribution < -0.4 is 10.1 Å². The summed E-state index contributed by atoms with van der Waals surface area (Å²) in [6.45, 7) is 9.76. The Morgan fingerprint density at radius 1 is 0.917 bits per heavy atom. The first-order valence-corrected chi connectivity index (χ1v) is 12.6. The monoisotopic (exact) mass is 506 g/mol. The molecule has 2 amide bonds. The van der Waals surface area contributed by atoms with Crippen molar-refractivity contribution in [2.75, 3.05) is 6.61 Å². The predicted octanol–water partition coefficient (Wildman–Crippen LogP) is 5.81. The van der Waals surface area contributed by atoms with Crippen molar-refractivity contribution in [2.24, 2.45) is 0 Å². The van der Waals surface area contributed by atoms with Gasteiger partial charge < -0.3 is 15.0 Å². The van der Waals surface area contributed by atoms with Crippen molar-refractivity contribution in [2.45, 2.75) is 59.7 Å². The topological polar surface area (TPSA) is 58.6 Å². The van der Waals surface area contributed by atoms with Crippen molar-refractivity contribution >= 4 is 23.4 Å². The number of amides is 2. The van der Waals surface area contributed by atoms with E-state index in [9.17, 15) is 9.59 Å². The fraction of sp³-hybridized carbons (Fsp3) is 0.333. The molecule has 190 valence electrons. The summed E-state index contributed by atoms with van der Waals surface area (Å²) in [7, 11) is 0. The number of hydrogen-bond donors (Lipinski definition) is 1. The van der Waals surface area contributed by atoms with E-state index in [0.29, 0.717) is 23.7 Å². The lowest BCUT2D eigenvalue weighted by Gasteiger charge is -2.32. The van der Waals surface area contributed by atoms with Crippen LogP contribution in [-0.4, -0.2) is 35.4 Å². The summed E-state index contributed by atoms with van der Waals surface area (Å²) in [5.74, 6) is 0.124. The lowest BCUT2D eigenvalue weighted by atomic mass is 10.0. The van der Waals surface area contributed by atoms with E-state index in [-0.39, 0.29) is 24.5 Å². The van der Waals surface area contributed by atoms with E-state index in [4.69, 9.17) is 16.3 Å². The van der Waals surface area contributed by atoms with Gasteiger partial charge in [0.2, 0.25) is 5.91 Å². The maximum Gasteiger partial charge on any atom is 0.261 e. The van der Waals surface area contributed by atoms with Crippen LogP contribution in [0.1, 0.15) is 41.7 Å². The van der Waals surface area contributed by atoms with Crippen LogP contribution in [0.2, 0.25) is 5.02 Å². The Morgan fingerprint density at radius 2 is 1.56 bits per heavy atom. The van der Waals surface area contributed by atoms with Gasteiger partial charge in [0, 0.05) is 24.0 Å². The number of ether oxygens (including phenoxy) is 1. The molecule has 1 atom stereocenters. The molecule has 0 aliphatic heterocycles. The van der Waals surface area contributed by atoms with Crippen LogP contribution in [0.3, 0.4) is 0 Å². The standard InChI is InChI=1S/C30H35ClN2O3/c1-20(2)32-30(35)27(17-24-11-7-6-8-12-24)33(18-25-13-9-10-21(3)14-25)28(34)19-36-26-15-22(4)29(31)23(5)16-26/h6-16,20,27H,17-19H2,1-5H3,(H,32,35)/t27-/m0/s1. The zero-order valence-electron chi connectivity index (χ0n) is 21.7. The fourth-order valence-electron chi connectivity index (χ4n) is 4.16. The summed E-state index contributed by atoms with van der Waals surface area (Å²) in [6.07, 6.45) is 0.399. The zero-order chi connectivity index (χ0) is 26.2. The Hall–Kier alpha value is -3.31. The van der Waals surface area contributed by atoms with Crippen LogP contribution in [0.25, 0.3) is 0 Å². The molecule has 0 aromatic heterocycles. The summed E-state index contributed by atoms with van der Waals surface area (Å²) < 4.78 is 5.91. The Bertz CT molecular complexity index is 1170. The largest absolute Gasteiger partial charge is 0.484 e. The molecule has 36 heavy (non-hydrogen) atoms. The van der Waals surface area contributed by atoms with E-state index in [0.717, 1.165) is 27.8 Å². The molecule has 0 aliphatic rings. The SMILES string of the molecule is Cc1cccc(CN(C(=O)COc2cc(C)c(Cl)c(C)c2)[C@@H](Cc2ccccc2)C(=O)NC(C)C)c1. The number of nitrogens with zero attached hydrogens (tertiary/aromatic N) is 1. The molecule has 0 spiro atoms. The van der Waals surface area contributed by atoms with Crippen molar-refractivity contribution in [3.05, 3.63) is 99.6 Å². The fourth-order valence-corrected chi connectivity index (χ4v) is 4.27. The molecule has 1 N–H and O–H groups in total. The van der Waals surface area contributed by atoms with Gasteiger partial charge in [0.05, 0.1) is 0 Å². The van der Waals surface area contributed by atoms with Crippen molar-refractivity contribution < 1.29 is 14.3 Å². The highest BCUT2D eigenvalue weighted by atomic mass is 35.5. The normalized spacial score (nSPS) is 11.8. The third kappa shape index (κ3) is 7.59. The molecule has 3 aromatic rings. The highest BCUT2D eigenvalue weighted by molar-refractivity contribution is 6.32. The summed E-state index contributed by atoms with van der Waals surface area (Å²) in [6, 6.07) is 20.6. The van der Waals surface area contributed by atoms with Gasteiger partial charge in [-0.2, -0.15) is 0 Å². The van der Waals surface area contributed by atoms with Crippen LogP contribution in [0.5, 0.6) is 5.75 Å². The van der Waals surface area contributed by atoms with Gasteiger partial charge >= 0.3 is 0 Å². The first-order chi connectivity index (χ1) is 17.1. The first kappa shape index (κ1) is 27.3. The molecule has 3 aromatic carbocycles. The van der Waals surface area contributed by atoms with E-state index >= 15 is 0 Å². The minimum absolute atomic E-state index is 0.0528. The Balaban J connectivity index is 1.92. The van der Waals surface area contributed by atoms with Gasteiger partial charge in [0.15, 0.2) is 6.61 Å². The maximum atomic E-state index is 13.7. The lowest BCUT2D eigenvalue weighted by molar-refractivity contribution is -0.143. The maximum absolute atomic E-state index is 13.7. The second kappa shape index (κ2) is 12.6. The number of benzene rings is 3. The van der Waals surface area contributed by atoms with E-state index in [1.54, 1.807) is 4.90 Å². The third-order valence-corrected chi connectivity index (χ3v) is 6.51. The van der Waals surface area contributed by atoms with Gasteiger partial charge in [-0.1, -0.05) is 71.8 Å².